The molecule has 4 rings (SSSR count). The molecule has 0 radical (unpaired) electrons. The summed E-state index contributed by atoms with van der Waals surface area (Å²) in [7, 11) is 0. The molecule has 4 aromatic rings. The van der Waals surface area contributed by atoms with Crippen LogP contribution in [0.15, 0.2) is 57.7 Å². The highest BCUT2D eigenvalue weighted by Gasteiger charge is 2.13. The normalized spacial score (nSPS) is 11.5. The van der Waals surface area contributed by atoms with E-state index in [2.05, 4.69) is 0 Å². The maximum absolute atomic E-state index is 12.9. The molecule has 0 saturated heterocycles. The molecule has 0 bridgehead atoms. The minimum absolute atomic E-state index is 0.0337. The third-order valence-corrected chi connectivity index (χ3v) is 4.05. The Bertz CT molecular complexity index is 1080. The highest BCUT2D eigenvalue weighted by molar-refractivity contribution is 6.31. The van der Waals surface area contributed by atoms with Gasteiger partial charge < -0.3 is 4.42 Å². The molecule has 0 unspecified atom stereocenters. The van der Waals surface area contributed by atoms with Crippen LogP contribution in [-0.2, 0) is 0 Å². The third-order valence-electron chi connectivity index (χ3n) is 3.81. The lowest BCUT2D eigenvalue weighted by Gasteiger charge is -2.08. The van der Waals surface area contributed by atoms with Gasteiger partial charge in [-0.05, 0) is 47.5 Å². The Balaban J connectivity index is 2.37. The van der Waals surface area contributed by atoms with Crippen molar-refractivity contribution in [3.05, 3.63) is 69.3 Å². The Morgan fingerprint density at radius 2 is 1.81 bits per heavy atom. The molecule has 102 valence electrons. The molecule has 21 heavy (non-hydrogen) atoms. The van der Waals surface area contributed by atoms with E-state index in [1.807, 2.05) is 37.3 Å². The van der Waals surface area contributed by atoms with Crippen molar-refractivity contribution in [3.63, 3.8) is 0 Å². The van der Waals surface area contributed by atoms with Crippen LogP contribution in [0.25, 0.3) is 32.7 Å². The van der Waals surface area contributed by atoms with E-state index >= 15 is 0 Å². The highest BCUT2D eigenvalue weighted by Crippen LogP contribution is 2.29. The van der Waals surface area contributed by atoms with E-state index < -0.39 is 0 Å². The van der Waals surface area contributed by atoms with Crippen LogP contribution < -0.4 is 5.43 Å². The van der Waals surface area contributed by atoms with Gasteiger partial charge in [0.25, 0.3) is 0 Å². The third kappa shape index (κ3) is 1.76. The lowest BCUT2D eigenvalue weighted by Crippen LogP contribution is -2.03. The first kappa shape index (κ1) is 12.4. The molecule has 0 fully saturated rings. The van der Waals surface area contributed by atoms with E-state index in [4.69, 9.17) is 16.0 Å². The molecule has 3 aromatic carbocycles. The minimum Gasteiger partial charge on any atom is -0.456 e. The lowest BCUT2D eigenvalue weighted by molar-refractivity contribution is 0.657. The molecule has 0 amide bonds. The summed E-state index contributed by atoms with van der Waals surface area (Å²) in [6.07, 6.45) is 0. The van der Waals surface area contributed by atoms with Crippen molar-refractivity contribution in [1.82, 2.24) is 0 Å². The molecule has 1 heterocycles. The average Bonchev–Trinajstić information content (AvgIpc) is 2.48. The summed E-state index contributed by atoms with van der Waals surface area (Å²) in [6, 6.07) is 15.0. The molecule has 0 aliphatic heterocycles. The number of fused-ring (bicyclic) bond motifs is 4. The fourth-order valence-corrected chi connectivity index (χ4v) is 3.01. The largest absolute Gasteiger partial charge is 0.456 e. The topological polar surface area (TPSA) is 30.2 Å². The van der Waals surface area contributed by atoms with E-state index in [0.717, 1.165) is 16.3 Å². The van der Waals surface area contributed by atoms with E-state index in [0.29, 0.717) is 27.0 Å². The van der Waals surface area contributed by atoms with Crippen LogP contribution >= 0.6 is 11.6 Å². The molecule has 3 heteroatoms. The van der Waals surface area contributed by atoms with Crippen molar-refractivity contribution in [2.45, 2.75) is 6.92 Å². The molecule has 0 N–H and O–H groups in total. The molecule has 0 saturated carbocycles. The first-order valence-electron chi connectivity index (χ1n) is 6.69. The van der Waals surface area contributed by atoms with Gasteiger partial charge in [-0.2, -0.15) is 0 Å². The maximum atomic E-state index is 12.9. The Hall–Kier alpha value is -2.32. The average molecular weight is 295 g/mol. The van der Waals surface area contributed by atoms with Crippen molar-refractivity contribution in [1.29, 1.82) is 0 Å². The van der Waals surface area contributed by atoms with Crippen LogP contribution in [0.3, 0.4) is 0 Å². The van der Waals surface area contributed by atoms with Gasteiger partial charge in [0.1, 0.15) is 11.2 Å². The van der Waals surface area contributed by atoms with Crippen LogP contribution in [0, 0.1) is 6.92 Å². The zero-order valence-electron chi connectivity index (χ0n) is 11.3. The molecule has 1 aromatic heterocycles. The lowest BCUT2D eigenvalue weighted by atomic mass is 10.0. The van der Waals surface area contributed by atoms with Gasteiger partial charge in [0.2, 0.25) is 5.43 Å². The fourth-order valence-electron chi connectivity index (χ4n) is 2.84. The predicted molar refractivity (Wildman–Crippen MR) is 87.2 cm³/mol. The summed E-state index contributed by atoms with van der Waals surface area (Å²) in [4.78, 5) is 12.9. The first-order chi connectivity index (χ1) is 10.1. The summed E-state index contributed by atoms with van der Waals surface area (Å²) in [5.41, 5.74) is 2.13. The van der Waals surface area contributed by atoms with Gasteiger partial charge in [-0.1, -0.05) is 35.9 Å². The summed E-state index contributed by atoms with van der Waals surface area (Å²) in [6.45, 7) is 1.96. The van der Waals surface area contributed by atoms with Crippen LogP contribution in [0.1, 0.15) is 5.56 Å². The second kappa shape index (κ2) is 4.34. The molecule has 0 atom stereocenters. The van der Waals surface area contributed by atoms with Crippen molar-refractivity contribution in [2.24, 2.45) is 0 Å². The highest BCUT2D eigenvalue weighted by atomic mass is 35.5. The second-order valence-electron chi connectivity index (χ2n) is 5.19. The number of hydrogen-bond acceptors (Lipinski definition) is 2. The van der Waals surface area contributed by atoms with Crippen LogP contribution in [-0.4, -0.2) is 0 Å². The predicted octanol–water partition coefficient (Wildman–Crippen LogP) is 5.06. The molecule has 0 aliphatic rings. The summed E-state index contributed by atoms with van der Waals surface area (Å²) in [5, 5.41) is 3.63. The quantitative estimate of drug-likeness (QED) is 0.335. The van der Waals surface area contributed by atoms with Crippen molar-refractivity contribution in [2.75, 3.05) is 0 Å². The smallest absolute Gasteiger partial charge is 0.201 e. The molecule has 0 spiro atoms. The van der Waals surface area contributed by atoms with Gasteiger partial charge in [-0.25, -0.2) is 0 Å². The second-order valence-corrected chi connectivity index (χ2v) is 5.63. The standard InChI is InChI=1S/C18H11ClO2/c1-10-8-11-4-2-3-5-13(11)16-17(20)14-9-12(19)6-7-15(14)21-18(10)16/h2-9H,1H3. The molecule has 0 aliphatic carbocycles. The van der Waals surface area contributed by atoms with Gasteiger partial charge in [0, 0.05) is 5.02 Å². The molecular formula is C18H11ClO2. The van der Waals surface area contributed by atoms with Crippen molar-refractivity contribution >= 4 is 44.3 Å². The number of aryl methyl sites for hydroxylation is 1. The zero-order chi connectivity index (χ0) is 14.6. The van der Waals surface area contributed by atoms with E-state index in [-0.39, 0.29) is 5.43 Å². The SMILES string of the molecule is Cc1cc2ccccc2c2c(=O)c3cc(Cl)ccc3oc12. The molecular weight excluding hydrogens is 284 g/mol. The van der Waals surface area contributed by atoms with E-state index in [9.17, 15) is 4.79 Å². The Labute approximate surface area is 125 Å². The zero-order valence-corrected chi connectivity index (χ0v) is 12.1. The van der Waals surface area contributed by atoms with E-state index in [1.165, 1.54) is 0 Å². The van der Waals surface area contributed by atoms with E-state index in [1.54, 1.807) is 18.2 Å². The fraction of sp³-hybridized carbons (Fsp3) is 0.0556. The number of rotatable bonds is 0. The number of hydrogen-bond donors (Lipinski definition) is 0. The van der Waals surface area contributed by atoms with Crippen LogP contribution in [0.5, 0.6) is 0 Å². The van der Waals surface area contributed by atoms with Crippen molar-refractivity contribution < 1.29 is 4.42 Å². The van der Waals surface area contributed by atoms with Gasteiger partial charge in [-0.15, -0.1) is 0 Å². The van der Waals surface area contributed by atoms with Gasteiger partial charge in [0.05, 0.1) is 10.8 Å². The Kier molecular flexibility index (Phi) is 2.57. The monoisotopic (exact) mass is 294 g/mol. The number of benzene rings is 3. The summed E-state index contributed by atoms with van der Waals surface area (Å²) < 4.78 is 5.96. The van der Waals surface area contributed by atoms with Crippen LogP contribution in [0.2, 0.25) is 5.02 Å². The first-order valence-corrected chi connectivity index (χ1v) is 7.07. The number of halogens is 1. The summed E-state index contributed by atoms with van der Waals surface area (Å²) >= 11 is 6.01. The van der Waals surface area contributed by atoms with Crippen LogP contribution in [0.4, 0.5) is 0 Å². The van der Waals surface area contributed by atoms with Gasteiger partial charge >= 0.3 is 0 Å². The minimum atomic E-state index is -0.0337. The van der Waals surface area contributed by atoms with Gasteiger partial charge in [0.15, 0.2) is 0 Å². The molecule has 2 nitrogen and oxygen atoms in total. The van der Waals surface area contributed by atoms with Crippen molar-refractivity contribution in [3.8, 4) is 0 Å². The Morgan fingerprint density at radius 1 is 1.00 bits per heavy atom. The Morgan fingerprint density at radius 3 is 2.67 bits per heavy atom. The maximum Gasteiger partial charge on any atom is 0.201 e. The van der Waals surface area contributed by atoms with Gasteiger partial charge in [-0.3, -0.25) is 4.79 Å². The summed E-state index contributed by atoms with van der Waals surface area (Å²) in [5.74, 6) is 0.